The number of amides is 1. The number of halogens is 1. The van der Waals surface area contributed by atoms with Crippen LogP contribution in [0.3, 0.4) is 0 Å². The number of anilines is 1. The fourth-order valence-electron chi connectivity index (χ4n) is 2.09. The Morgan fingerprint density at radius 1 is 1.28 bits per heavy atom. The van der Waals surface area contributed by atoms with Gasteiger partial charge in [0.15, 0.2) is 0 Å². The lowest BCUT2D eigenvalue weighted by atomic mass is 9.96. The minimum atomic E-state index is -0.688. The minimum Gasteiger partial charge on any atom is -0.384 e. The summed E-state index contributed by atoms with van der Waals surface area (Å²) in [6.45, 7) is 0. The highest BCUT2D eigenvalue weighted by Gasteiger charge is 2.22. The number of rotatable bonds is 2. The van der Waals surface area contributed by atoms with Gasteiger partial charge in [-0.25, -0.2) is 0 Å². The zero-order chi connectivity index (χ0) is 18.7. The summed E-state index contributed by atoms with van der Waals surface area (Å²) in [7, 11) is 3.22. The number of benzene rings is 1. The maximum absolute atomic E-state index is 12.1. The molecule has 0 saturated carbocycles. The van der Waals surface area contributed by atoms with Crippen molar-refractivity contribution in [1.82, 2.24) is 9.88 Å². The van der Waals surface area contributed by atoms with Gasteiger partial charge in [0.25, 0.3) is 10.8 Å². The zero-order valence-electron chi connectivity index (χ0n) is 13.3. The molecule has 1 heterocycles. The zero-order valence-corrected chi connectivity index (χ0v) is 15.7. The number of aromatic nitrogens is 1. The Hall–Kier alpha value is -2.75. The molecule has 0 fully saturated rings. The second-order valence-corrected chi connectivity index (χ2v) is 7.03. The molecule has 2 aromatic rings. The van der Waals surface area contributed by atoms with Crippen molar-refractivity contribution in [3.8, 4) is 23.3 Å². The molecule has 0 bridgehead atoms. The molecule has 0 aliphatic heterocycles. The number of nitrogens with two attached hydrogens (primary N) is 1. The number of nitriles is 2. The van der Waals surface area contributed by atoms with Gasteiger partial charge in [-0.05, 0) is 29.5 Å². The molecule has 0 aliphatic carbocycles. The molecule has 2 rings (SSSR count). The van der Waals surface area contributed by atoms with E-state index in [1.807, 2.05) is 12.1 Å². The molecule has 7 nitrogen and oxygen atoms in total. The van der Waals surface area contributed by atoms with Crippen molar-refractivity contribution in [3.63, 3.8) is 0 Å². The number of nitrogens with one attached hydrogen (secondary N) is 1. The molecule has 0 aliphatic rings. The van der Waals surface area contributed by atoms with Crippen LogP contribution in [0.4, 0.5) is 10.6 Å². The summed E-state index contributed by atoms with van der Waals surface area (Å²) in [6.07, 6.45) is 0. The first-order valence-corrected chi connectivity index (χ1v) is 8.46. The quantitative estimate of drug-likeness (QED) is 0.722. The van der Waals surface area contributed by atoms with E-state index in [0.29, 0.717) is 14.9 Å². The third-order valence-electron chi connectivity index (χ3n) is 3.24. The van der Waals surface area contributed by atoms with E-state index >= 15 is 0 Å². The molecule has 1 aromatic carbocycles. The summed E-state index contributed by atoms with van der Waals surface area (Å²) in [5.41, 5.74) is 5.34. The average Bonchev–Trinajstić information content (AvgIpc) is 2.54. The summed E-state index contributed by atoms with van der Waals surface area (Å²) >= 11 is 4.26. The van der Waals surface area contributed by atoms with Crippen molar-refractivity contribution in [1.29, 1.82) is 10.5 Å². The predicted molar refractivity (Wildman–Crippen MR) is 99.0 cm³/mol. The summed E-state index contributed by atoms with van der Waals surface area (Å²) in [6, 6.07) is 8.74. The van der Waals surface area contributed by atoms with Crippen molar-refractivity contribution in [2.75, 3.05) is 19.8 Å². The molecule has 25 heavy (non-hydrogen) atoms. The van der Waals surface area contributed by atoms with Gasteiger partial charge in [-0.2, -0.15) is 10.5 Å². The van der Waals surface area contributed by atoms with Gasteiger partial charge in [-0.15, -0.1) is 0 Å². The van der Waals surface area contributed by atoms with Crippen LogP contribution >= 0.6 is 27.7 Å². The van der Waals surface area contributed by atoms with E-state index in [-0.39, 0.29) is 27.7 Å². The van der Waals surface area contributed by atoms with E-state index in [4.69, 9.17) is 5.73 Å². The summed E-state index contributed by atoms with van der Waals surface area (Å²) in [4.78, 5) is 28.4. The number of nitrogen functional groups attached to an aromatic ring is 1. The lowest BCUT2D eigenvalue weighted by Crippen LogP contribution is -2.17. The van der Waals surface area contributed by atoms with E-state index in [0.717, 1.165) is 11.8 Å². The van der Waals surface area contributed by atoms with Gasteiger partial charge in [-0.1, -0.05) is 22.0 Å². The second kappa shape index (κ2) is 7.43. The largest absolute Gasteiger partial charge is 0.384 e. The predicted octanol–water partition coefficient (Wildman–Crippen LogP) is 2.90. The number of hydrogen-bond acceptors (Lipinski definition) is 6. The molecule has 3 N–H and O–H groups in total. The van der Waals surface area contributed by atoms with Crippen LogP contribution in [-0.4, -0.2) is 29.2 Å². The van der Waals surface area contributed by atoms with Gasteiger partial charge < -0.3 is 15.6 Å². The summed E-state index contributed by atoms with van der Waals surface area (Å²) in [5, 5.41) is 18.6. The smallest absolute Gasteiger partial charge is 0.285 e. The number of carbonyl (C=O) groups excluding carboxylic acids is 1. The number of H-pyrrole nitrogens is 1. The molecule has 9 heteroatoms. The topological polar surface area (TPSA) is 127 Å². The van der Waals surface area contributed by atoms with Crippen LogP contribution in [-0.2, 0) is 0 Å². The van der Waals surface area contributed by atoms with Crippen LogP contribution < -0.4 is 11.3 Å². The van der Waals surface area contributed by atoms with Crippen LogP contribution in [0.15, 0.2) is 32.4 Å². The maximum Gasteiger partial charge on any atom is 0.285 e. The normalized spacial score (nSPS) is 9.96. The summed E-state index contributed by atoms with van der Waals surface area (Å²) < 4.78 is 0.708. The van der Waals surface area contributed by atoms with Crippen molar-refractivity contribution >= 4 is 38.7 Å². The Morgan fingerprint density at radius 2 is 1.92 bits per heavy atom. The summed E-state index contributed by atoms with van der Waals surface area (Å²) in [5.74, 6) is -0.126. The first-order chi connectivity index (χ1) is 11.8. The fraction of sp³-hybridized carbons (Fsp3) is 0.125. The van der Waals surface area contributed by atoms with Crippen LogP contribution in [0.5, 0.6) is 0 Å². The molecule has 1 aromatic heterocycles. The van der Waals surface area contributed by atoms with Crippen molar-refractivity contribution in [2.45, 2.75) is 4.90 Å². The van der Waals surface area contributed by atoms with Crippen molar-refractivity contribution in [2.24, 2.45) is 0 Å². The standard InChI is InChI=1S/C16H12BrN5O2S/c1-22(2)16(24)25-12-5-8(17)3-4-9(12)13-10(6-18)14(20)21-15(23)11(13)7-19/h3-5H,1-2H3,(H3,20,21,23). The average molecular weight is 418 g/mol. The third-order valence-corrected chi connectivity index (χ3v) is 4.83. The molecule has 0 saturated heterocycles. The molecule has 0 atom stereocenters. The van der Waals surface area contributed by atoms with Gasteiger partial charge in [0.1, 0.15) is 29.1 Å². The van der Waals surface area contributed by atoms with Gasteiger partial charge in [0.2, 0.25) is 0 Å². The Kier molecular flexibility index (Phi) is 5.52. The van der Waals surface area contributed by atoms with Gasteiger partial charge in [0, 0.05) is 29.0 Å². The Morgan fingerprint density at radius 3 is 2.48 bits per heavy atom. The Labute approximate surface area is 156 Å². The van der Waals surface area contributed by atoms with Crippen LogP contribution in [0.1, 0.15) is 11.1 Å². The second-order valence-electron chi connectivity index (χ2n) is 5.12. The third kappa shape index (κ3) is 3.68. The van der Waals surface area contributed by atoms with E-state index < -0.39 is 5.56 Å². The van der Waals surface area contributed by atoms with Gasteiger partial charge in [0.05, 0.1) is 0 Å². The van der Waals surface area contributed by atoms with Gasteiger partial charge >= 0.3 is 0 Å². The first-order valence-electron chi connectivity index (χ1n) is 6.85. The van der Waals surface area contributed by atoms with Crippen LogP contribution in [0.2, 0.25) is 0 Å². The number of nitrogens with zero attached hydrogens (tertiary/aromatic N) is 3. The van der Waals surface area contributed by atoms with E-state index in [1.165, 1.54) is 4.90 Å². The van der Waals surface area contributed by atoms with E-state index in [9.17, 15) is 20.1 Å². The first kappa shape index (κ1) is 18.6. The SMILES string of the molecule is CN(C)C(=O)Sc1cc(Br)ccc1-c1c(C#N)c(N)[nH]c(=O)c1C#N. The van der Waals surface area contributed by atoms with E-state index in [1.54, 1.807) is 32.3 Å². The van der Waals surface area contributed by atoms with Crippen molar-refractivity contribution in [3.05, 3.63) is 44.2 Å². The minimum absolute atomic E-state index is 0.0161. The molecule has 0 unspecified atom stereocenters. The van der Waals surface area contributed by atoms with Gasteiger partial charge in [-0.3, -0.25) is 9.59 Å². The highest BCUT2D eigenvalue weighted by atomic mass is 79.9. The molecule has 0 spiro atoms. The molecular weight excluding hydrogens is 406 g/mol. The number of hydrogen-bond donors (Lipinski definition) is 2. The fourth-order valence-corrected chi connectivity index (χ4v) is 3.43. The lowest BCUT2D eigenvalue weighted by molar-refractivity contribution is 0.241. The molecule has 0 radical (unpaired) electrons. The number of carbonyl (C=O) groups is 1. The monoisotopic (exact) mass is 417 g/mol. The maximum atomic E-state index is 12.1. The van der Waals surface area contributed by atoms with Crippen LogP contribution in [0.25, 0.3) is 11.1 Å². The Balaban J connectivity index is 2.84. The number of pyridine rings is 1. The number of thioether (sulfide) groups is 1. The highest BCUT2D eigenvalue weighted by molar-refractivity contribution is 9.10. The van der Waals surface area contributed by atoms with Crippen LogP contribution in [0, 0.1) is 22.7 Å². The highest BCUT2D eigenvalue weighted by Crippen LogP contribution is 2.38. The Bertz CT molecular complexity index is 1000. The molecule has 1 amide bonds. The van der Waals surface area contributed by atoms with E-state index in [2.05, 4.69) is 20.9 Å². The number of aromatic amines is 1. The molecule has 126 valence electrons. The van der Waals surface area contributed by atoms with Crippen molar-refractivity contribution < 1.29 is 4.79 Å². The lowest BCUT2D eigenvalue weighted by Gasteiger charge is -2.15. The molecular formula is C16H12BrN5O2S.